The fourth-order valence-corrected chi connectivity index (χ4v) is 3.88. The van der Waals surface area contributed by atoms with Crippen molar-refractivity contribution in [3.8, 4) is 0 Å². The van der Waals surface area contributed by atoms with Crippen molar-refractivity contribution in [2.24, 2.45) is 0 Å². The molecule has 5 heteroatoms. The maximum absolute atomic E-state index is 10.4. The second kappa shape index (κ2) is 8.27. The molecule has 0 amide bonds. The lowest BCUT2D eigenvalue weighted by Crippen LogP contribution is -2.47. The molecule has 3 nitrogen and oxygen atoms in total. The van der Waals surface area contributed by atoms with Crippen LogP contribution >= 0.6 is 22.9 Å². The standard InChI is InChI=1S/C18H23ClN2OS/c19-16-4-1-3-15(13-16)18(22)14-21-10-8-20(9-11-21)7-6-17-5-2-12-23-17/h1-5,12-13,18,22H,6-11,14H2/t18-/m0/s1. The molecular weight excluding hydrogens is 328 g/mol. The molecule has 1 aromatic carbocycles. The predicted molar refractivity (Wildman–Crippen MR) is 97.3 cm³/mol. The van der Waals surface area contributed by atoms with Crippen LogP contribution in [0.5, 0.6) is 0 Å². The van der Waals surface area contributed by atoms with Gasteiger partial charge in [-0.05, 0) is 35.6 Å². The van der Waals surface area contributed by atoms with E-state index in [1.165, 1.54) is 4.88 Å². The third-order valence-electron chi connectivity index (χ3n) is 4.38. The molecule has 1 saturated heterocycles. The second-order valence-corrected chi connectivity index (χ2v) is 7.51. The molecule has 1 aliphatic rings. The normalized spacial score (nSPS) is 18.2. The van der Waals surface area contributed by atoms with Gasteiger partial charge in [0, 0.05) is 49.2 Å². The zero-order valence-electron chi connectivity index (χ0n) is 13.2. The SMILES string of the molecule is O[C@@H](CN1CCN(CCc2cccs2)CC1)c1cccc(Cl)c1. The van der Waals surface area contributed by atoms with Gasteiger partial charge in [0.05, 0.1) is 6.10 Å². The van der Waals surface area contributed by atoms with Crippen molar-refractivity contribution in [3.05, 3.63) is 57.2 Å². The number of thiophene rings is 1. The summed E-state index contributed by atoms with van der Waals surface area (Å²) in [6, 6.07) is 11.8. The number of β-amino-alcohol motifs (C(OH)–C–C–N with tert-alkyl or cyclic N) is 1. The lowest BCUT2D eigenvalue weighted by molar-refractivity contribution is 0.0730. The average molecular weight is 351 g/mol. The van der Waals surface area contributed by atoms with Crippen LogP contribution in [0.3, 0.4) is 0 Å². The number of piperazine rings is 1. The fraction of sp³-hybridized carbons (Fsp3) is 0.444. The lowest BCUT2D eigenvalue weighted by Gasteiger charge is -2.35. The van der Waals surface area contributed by atoms with E-state index in [9.17, 15) is 5.11 Å². The number of hydrogen-bond acceptors (Lipinski definition) is 4. The Bertz CT molecular complexity index is 597. The number of aliphatic hydroxyl groups excluding tert-OH is 1. The number of benzene rings is 1. The second-order valence-electron chi connectivity index (χ2n) is 6.04. The zero-order chi connectivity index (χ0) is 16.1. The molecule has 0 aliphatic carbocycles. The van der Waals surface area contributed by atoms with E-state index in [4.69, 9.17) is 11.6 Å². The molecule has 2 heterocycles. The number of halogens is 1. The van der Waals surface area contributed by atoms with Gasteiger partial charge in [-0.1, -0.05) is 29.8 Å². The van der Waals surface area contributed by atoms with Crippen LogP contribution in [0.25, 0.3) is 0 Å². The molecule has 1 fully saturated rings. The zero-order valence-corrected chi connectivity index (χ0v) is 14.8. The highest BCUT2D eigenvalue weighted by Gasteiger charge is 2.19. The van der Waals surface area contributed by atoms with E-state index in [1.807, 2.05) is 35.6 Å². The molecule has 1 N–H and O–H groups in total. The number of rotatable bonds is 6. The van der Waals surface area contributed by atoms with Gasteiger partial charge in [0.1, 0.15) is 0 Å². The van der Waals surface area contributed by atoms with E-state index < -0.39 is 6.10 Å². The molecule has 23 heavy (non-hydrogen) atoms. The van der Waals surface area contributed by atoms with E-state index in [1.54, 1.807) is 0 Å². The molecule has 0 saturated carbocycles. The maximum atomic E-state index is 10.4. The average Bonchev–Trinajstić information content (AvgIpc) is 3.08. The summed E-state index contributed by atoms with van der Waals surface area (Å²) in [4.78, 5) is 6.32. The first-order valence-corrected chi connectivity index (χ1v) is 9.37. The molecule has 0 unspecified atom stereocenters. The Morgan fingerprint density at radius 3 is 2.57 bits per heavy atom. The minimum atomic E-state index is -0.466. The van der Waals surface area contributed by atoms with Crippen LogP contribution in [0, 0.1) is 0 Å². The Morgan fingerprint density at radius 2 is 1.87 bits per heavy atom. The van der Waals surface area contributed by atoms with Gasteiger partial charge >= 0.3 is 0 Å². The summed E-state index contributed by atoms with van der Waals surface area (Å²) < 4.78 is 0. The van der Waals surface area contributed by atoms with Crippen LogP contribution in [0.2, 0.25) is 5.02 Å². The highest BCUT2D eigenvalue weighted by molar-refractivity contribution is 7.09. The maximum Gasteiger partial charge on any atom is 0.0917 e. The first-order chi connectivity index (χ1) is 11.2. The largest absolute Gasteiger partial charge is 0.387 e. The quantitative estimate of drug-likeness (QED) is 0.866. The van der Waals surface area contributed by atoms with Crippen LogP contribution in [-0.4, -0.2) is 54.2 Å². The summed E-state index contributed by atoms with van der Waals surface area (Å²) in [5.74, 6) is 0. The van der Waals surface area contributed by atoms with E-state index in [0.717, 1.165) is 44.7 Å². The predicted octanol–water partition coefficient (Wildman–Crippen LogP) is 3.30. The Labute approximate surface area is 147 Å². The van der Waals surface area contributed by atoms with Gasteiger partial charge in [-0.2, -0.15) is 0 Å². The summed E-state index contributed by atoms with van der Waals surface area (Å²) in [6.45, 7) is 6.00. The fourth-order valence-electron chi connectivity index (χ4n) is 2.98. The minimum absolute atomic E-state index is 0.466. The van der Waals surface area contributed by atoms with Crippen molar-refractivity contribution in [3.63, 3.8) is 0 Å². The van der Waals surface area contributed by atoms with Crippen LogP contribution in [0.15, 0.2) is 41.8 Å². The Morgan fingerprint density at radius 1 is 1.09 bits per heavy atom. The first-order valence-electron chi connectivity index (χ1n) is 8.11. The smallest absolute Gasteiger partial charge is 0.0917 e. The molecule has 0 spiro atoms. The lowest BCUT2D eigenvalue weighted by atomic mass is 10.1. The van der Waals surface area contributed by atoms with Gasteiger partial charge < -0.3 is 10.0 Å². The molecule has 124 valence electrons. The molecule has 0 bridgehead atoms. The molecule has 3 rings (SSSR count). The molecule has 1 atom stereocenters. The monoisotopic (exact) mass is 350 g/mol. The molecule has 1 aromatic heterocycles. The van der Waals surface area contributed by atoms with E-state index in [2.05, 4.69) is 27.3 Å². The van der Waals surface area contributed by atoms with Crippen LogP contribution in [0.4, 0.5) is 0 Å². The van der Waals surface area contributed by atoms with Crippen LogP contribution in [0.1, 0.15) is 16.5 Å². The summed E-state index contributed by atoms with van der Waals surface area (Å²) in [7, 11) is 0. The Kier molecular flexibility index (Phi) is 6.08. The molecular formula is C18H23ClN2OS. The summed E-state index contributed by atoms with van der Waals surface area (Å²) in [5.41, 5.74) is 0.901. The summed E-state index contributed by atoms with van der Waals surface area (Å²) in [6.07, 6.45) is 0.675. The molecule has 0 radical (unpaired) electrons. The van der Waals surface area contributed by atoms with Crippen molar-refractivity contribution in [2.75, 3.05) is 39.3 Å². The topological polar surface area (TPSA) is 26.7 Å². The summed E-state index contributed by atoms with van der Waals surface area (Å²) >= 11 is 7.84. The molecule has 2 aromatic rings. The van der Waals surface area contributed by atoms with Crippen molar-refractivity contribution in [1.82, 2.24) is 9.80 Å². The number of nitrogens with zero attached hydrogens (tertiary/aromatic N) is 2. The number of aliphatic hydroxyl groups is 1. The summed E-state index contributed by atoms with van der Waals surface area (Å²) in [5, 5.41) is 13.2. The van der Waals surface area contributed by atoms with Crippen molar-refractivity contribution >= 4 is 22.9 Å². The van der Waals surface area contributed by atoms with Crippen molar-refractivity contribution < 1.29 is 5.11 Å². The Hall–Kier alpha value is -0.910. The van der Waals surface area contributed by atoms with Gasteiger partial charge in [0.2, 0.25) is 0 Å². The van der Waals surface area contributed by atoms with Gasteiger partial charge in [-0.3, -0.25) is 4.90 Å². The van der Waals surface area contributed by atoms with Crippen LogP contribution < -0.4 is 0 Å². The van der Waals surface area contributed by atoms with Gasteiger partial charge in [0.25, 0.3) is 0 Å². The van der Waals surface area contributed by atoms with E-state index in [0.29, 0.717) is 11.6 Å². The minimum Gasteiger partial charge on any atom is -0.387 e. The van der Waals surface area contributed by atoms with Crippen molar-refractivity contribution in [1.29, 1.82) is 0 Å². The highest BCUT2D eigenvalue weighted by Crippen LogP contribution is 2.19. The first kappa shape index (κ1) is 16.9. The van der Waals surface area contributed by atoms with E-state index in [-0.39, 0.29) is 0 Å². The van der Waals surface area contributed by atoms with E-state index >= 15 is 0 Å². The van der Waals surface area contributed by atoms with Gasteiger partial charge in [0.15, 0.2) is 0 Å². The van der Waals surface area contributed by atoms with Gasteiger partial charge in [-0.15, -0.1) is 11.3 Å². The molecule has 1 aliphatic heterocycles. The highest BCUT2D eigenvalue weighted by atomic mass is 35.5. The third kappa shape index (κ3) is 5.03. The third-order valence-corrected chi connectivity index (χ3v) is 5.56. The van der Waals surface area contributed by atoms with Gasteiger partial charge in [-0.25, -0.2) is 0 Å². The Balaban J connectivity index is 1.42. The van der Waals surface area contributed by atoms with Crippen molar-refractivity contribution in [2.45, 2.75) is 12.5 Å². The van der Waals surface area contributed by atoms with Crippen LogP contribution in [-0.2, 0) is 6.42 Å². The number of hydrogen-bond donors (Lipinski definition) is 1.